The van der Waals surface area contributed by atoms with Crippen molar-refractivity contribution in [1.82, 2.24) is 4.72 Å². The van der Waals surface area contributed by atoms with Crippen molar-refractivity contribution in [2.75, 3.05) is 19.4 Å². The van der Waals surface area contributed by atoms with Crippen LogP contribution in [0.1, 0.15) is 27.2 Å². The minimum absolute atomic E-state index is 0.148. The first kappa shape index (κ1) is 15.8. The van der Waals surface area contributed by atoms with Crippen molar-refractivity contribution in [2.45, 2.75) is 32.1 Å². The Kier molecular flexibility index (Phi) is 4.81. The summed E-state index contributed by atoms with van der Waals surface area (Å²) >= 11 is 0. The molecular formula is C13H22N2O3S. The lowest BCUT2D eigenvalue weighted by atomic mass is 9.93. The van der Waals surface area contributed by atoms with Crippen molar-refractivity contribution in [2.24, 2.45) is 5.41 Å². The van der Waals surface area contributed by atoms with E-state index < -0.39 is 10.0 Å². The molecule has 108 valence electrons. The summed E-state index contributed by atoms with van der Waals surface area (Å²) in [4.78, 5) is 0.148. The Morgan fingerprint density at radius 3 is 2.47 bits per heavy atom. The number of nitrogens with one attached hydrogen (secondary N) is 1. The number of benzene rings is 1. The van der Waals surface area contributed by atoms with Crippen molar-refractivity contribution in [3.63, 3.8) is 0 Å². The lowest BCUT2D eigenvalue weighted by Crippen LogP contribution is -2.19. The van der Waals surface area contributed by atoms with Crippen LogP contribution in [0.2, 0.25) is 0 Å². The van der Waals surface area contributed by atoms with Gasteiger partial charge in [0.25, 0.3) is 0 Å². The van der Waals surface area contributed by atoms with Crippen LogP contribution in [0.5, 0.6) is 5.75 Å². The fraction of sp³-hybridized carbons (Fsp3) is 0.538. The van der Waals surface area contributed by atoms with E-state index in [9.17, 15) is 8.42 Å². The molecule has 0 heterocycles. The van der Waals surface area contributed by atoms with E-state index >= 15 is 0 Å². The molecule has 1 rings (SSSR count). The molecule has 0 spiro atoms. The summed E-state index contributed by atoms with van der Waals surface area (Å²) in [6, 6.07) is 4.44. The minimum Gasteiger partial charge on any atom is -0.491 e. The molecule has 0 aliphatic heterocycles. The number of rotatable bonds is 5. The van der Waals surface area contributed by atoms with Gasteiger partial charge in [-0.3, -0.25) is 0 Å². The van der Waals surface area contributed by atoms with Gasteiger partial charge >= 0.3 is 0 Å². The van der Waals surface area contributed by atoms with Crippen LogP contribution in [0, 0.1) is 5.41 Å². The highest BCUT2D eigenvalue weighted by atomic mass is 32.2. The Morgan fingerprint density at radius 2 is 1.95 bits per heavy atom. The van der Waals surface area contributed by atoms with E-state index in [4.69, 9.17) is 10.5 Å². The van der Waals surface area contributed by atoms with Crippen LogP contribution in [0.4, 0.5) is 5.69 Å². The fourth-order valence-corrected chi connectivity index (χ4v) is 2.14. The summed E-state index contributed by atoms with van der Waals surface area (Å²) in [5, 5.41) is 0. The zero-order chi connectivity index (χ0) is 14.7. The number of sulfonamides is 1. The SMILES string of the molecule is CNS(=O)(=O)c1ccc(N)c(OCCC(C)(C)C)c1. The average Bonchev–Trinajstić information content (AvgIpc) is 2.29. The summed E-state index contributed by atoms with van der Waals surface area (Å²) in [6.07, 6.45) is 0.857. The van der Waals surface area contributed by atoms with Crippen molar-refractivity contribution >= 4 is 15.7 Å². The Bertz CT molecular complexity index is 533. The zero-order valence-corrected chi connectivity index (χ0v) is 12.7. The molecule has 6 heteroatoms. The van der Waals surface area contributed by atoms with Crippen molar-refractivity contribution in [3.05, 3.63) is 18.2 Å². The van der Waals surface area contributed by atoms with Crippen LogP contribution in [-0.4, -0.2) is 22.1 Å². The molecule has 19 heavy (non-hydrogen) atoms. The molecule has 1 aromatic rings. The van der Waals surface area contributed by atoms with E-state index in [0.29, 0.717) is 18.0 Å². The van der Waals surface area contributed by atoms with Gasteiger partial charge in [-0.25, -0.2) is 13.1 Å². The molecule has 0 bridgehead atoms. The molecule has 3 N–H and O–H groups in total. The molecule has 0 radical (unpaired) electrons. The predicted molar refractivity (Wildman–Crippen MR) is 76.7 cm³/mol. The van der Waals surface area contributed by atoms with Crippen molar-refractivity contribution in [3.8, 4) is 5.75 Å². The third kappa shape index (κ3) is 4.72. The Morgan fingerprint density at radius 1 is 1.32 bits per heavy atom. The van der Waals surface area contributed by atoms with Gasteiger partial charge in [-0.15, -0.1) is 0 Å². The summed E-state index contributed by atoms with van der Waals surface area (Å²) in [5.41, 5.74) is 6.37. The number of hydrogen-bond donors (Lipinski definition) is 2. The van der Waals surface area contributed by atoms with Gasteiger partial charge in [0.15, 0.2) is 0 Å². The highest BCUT2D eigenvalue weighted by Gasteiger charge is 2.15. The Hall–Kier alpha value is -1.27. The highest BCUT2D eigenvalue weighted by molar-refractivity contribution is 7.89. The van der Waals surface area contributed by atoms with Crippen molar-refractivity contribution in [1.29, 1.82) is 0 Å². The first-order chi connectivity index (χ1) is 8.65. The van der Waals surface area contributed by atoms with E-state index in [1.165, 1.54) is 25.2 Å². The summed E-state index contributed by atoms with van der Waals surface area (Å²) < 4.78 is 31.2. The second-order valence-corrected chi connectivity index (χ2v) is 7.45. The van der Waals surface area contributed by atoms with Gasteiger partial charge in [0.05, 0.1) is 17.2 Å². The molecule has 0 amide bonds. The molecular weight excluding hydrogens is 264 g/mol. The van der Waals surface area contributed by atoms with Gasteiger partial charge in [-0.1, -0.05) is 20.8 Å². The lowest BCUT2D eigenvalue weighted by molar-refractivity contribution is 0.243. The zero-order valence-electron chi connectivity index (χ0n) is 11.9. The third-order valence-electron chi connectivity index (χ3n) is 2.67. The molecule has 1 aromatic carbocycles. The number of ether oxygens (including phenoxy) is 1. The predicted octanol–water partition coefficient (Wildman–Crippen LogP) is 1.99. The van der Waals surface area contributed by atoms with Crippen LogP contribution in [0.15, 0.2) is 23.1 Å². The first-order valence-corrected chi connectivity index (χ1v) is 7.60. The summed E-state index contributed by atoms with van der Waals surface area (Å²) in [6.45, 7) is 6.83. The van der Waals surface area contributed by atoms with Gasteiger partial charge in [0, 0.05) is 6.07 Å². The van der Waals surface area contributed by atoms with E-state index in [0.717, 1.165) is 6.42 Å². The van der Waals surface area contributed by atoms with Gasteiger partial charge in [0.1, 0.15) is 5.75 Å². The van der Waals surface area contributed by atoms with Crippen LogP contribution < -0.4 is 15.2 Å². The molecule has 0 atom stereocenters. The third-order valence-corrected chi connectivity index (χ3v) is 4.09. The molecule has 0 saturated carbocycles. The van der Waals surface area contributed by atoms with Crippen molar-refractivity contribution < 1.29 is 13.2 Å². The van der Waals surface area contributed by atoms with Crippen LogP contribution in [0.25, 0.3) is 0 Å². The van der Waals surface area contributed by atoms with E-state index in [2.05, 4.69) is 25.5 Å². The van der Waals surface area contributed by atoms with Gasteiger partial charge in [-0.2, -0.15) is 0 Å². The number of nitrogen functional groups attached to an aromatic ring is 1. The maximum Gasteiger partial charge on any atom is 0.240 e. The standard InChI is InChI=1S/C13H22N2O3S/c1-13(2,3)7-8-18-12-9-10(5-6-11(12)14)19(16,17)15-4/h5-6,9,15H,7-8,14H2,1-4H3. The van der Waals surface area contributed by atoms with Gasteiger partial charge < -0.3 is 10.5 Å². The topological polar surface area (TPSA) is 81.4 Å². The molecule has 0 aromatic heterocycles. The highest BCUT2D eigenvalue weighted by Crippen LogP contribution is 2.26. The van der Waals surface area contributed by atoms with E-state index in [-0.39, 0.29) is 10.3 Å². The van der Waals surface area contributed by atoms with E-state index in [1.54, 1.807) is 0 Å². The summed E-state index contributed by atoms with van der Waals surface area (Å²) in [7, 11) is -2.11. The van der Waals surface area contributed by atoms with Gasteiger partial charge in [0.2, 0.25) is 10.0 Å². The second-order valence-electron chi connectivity index (χ2n) is 5.57. The Labute approximate surface area is 115 Å². The molecule has 0 fully saturated rings. The number of anilines is 1. The van der Waals surface area contributed by atoms with E-state index in [1.807, 2.05) is 0 Å². The normalized spacial score (nSPS) is 12.4. The number of hydrogen-bond acceptors (Lipinski definition) is 4. The molecule has 0 aliphatic carbocycles. The maximum atomic E-state index is 11.7. The smallest absolute Gasteiger partial charge is 0.240 e. The molecule has 0 aliphatic rings. The minimum atomic E-state index is -3.48. The maximum absolute atomic E-state index is 11.7. The largest absolute Gasteiger partial charge is 0.491 e. The lowest BCUT2D eigenvalue weighted by Gasteiger charge is -2.18. The Balaban J connectivity index is 2.87. The average molecular weight is 286 g/mol. The van der Waals surface area contributed by atoms with Crippen LogP contribution in [0.3, 0.4) is 0 Å². The molecule has 0 unspecified atom stereocenters. The fourth-order valence-electron chi connectivity index (χ4n) is 1.39. The quantitative estimate of drug-likeness (QED) is 0.811. The summed E-state index contributed by atoms with van der Waals surface area (Å²) in [5.74, 6) is 0.403. The van der Waals surface area contributed by atoms with Crippen LogP contribution >= 0.6 is 0 Å². The molecule has 5 nitrogen and oxygen atoms in total. The van der Waals surface area contributed by atoms with Gasteiger partial charge in [-0.05, 0) is 31.0 Å². The van der Waals surface area contributed by atoms with Crippen LogP contribution in [-0.2, 0) is 10.0 Å². The number of nitrogens with two attached hydrogens (primary N) is 1. The second kappa shape index (κ2) is 5.79. The monoisotopic (exact) mass is 286 g/mol. The first-order valence-electron chi connectivity index (χ1n) is 6.11. The molecule has 0 saturated heterocycles.